The van der Waals surface area contributed by atoms with E-state index in [-0.39, 0.29) is 22.8 Å². The molecule has 0 bridgehead atoms. The van der Waals surface area contributed by atoms with Crippen LogP contribution in [0.25, 0.3) is 0 Å². The highest BCUT2D eigenvalue weighted by molar-refractivity contribution is 6.91. The summed E-state index contributed by atoms with van der Waals surface area (Å²) < 4.78 is 6.70. The number of unbranched alkanes of at least 4 members (excludes halogenated alkanes) is 1. The van der Waals surface area contributed by atoms with E-state index in [1.54, 1.807) is 0 Å². The molecule has 0 aromatic heterocycles. The maximum Gasteiger partial charge on any atom is 0.193 e. The Morgan fingerprint density at radius 2 is 1.52 bits per heavy atom. The number of aliphatic hydroxyl groups is 1. The average molecular weight is 503 g/mol. The minimum absolute atomic E-state index is 0.0000884. The normalized spacial score (nSPS) is 15.8. The maximum absolute atomic E-state index is 11.1. The first kappa shape index (κ1) is 30.1. The van der Waals surface area contributed by atoms with Crippen molar-refractivity contribution in [2.24, 2.45) is 0 Å². The van der Waals surface area contributed by atoms with E-state index in [9.17, 15) is 5.11 Å². The molecule has 186 valence electrons. The fourth-order valence-corrected chi connectivity index (χ4v) is 8.84. The SMILES string of the molecule is C=C[C@@H]([C@H](O)CCCC[C@@H](C#C[Si](C)(C)C)O[Si](C)(C)C(C)(C)C)[Si](C)(C)c1ccccc1. The molecule has 33 heavy (non-hydrogen) atoms. The summed E-state index contributed by atoms with van der Waals surface area (Å²) in [5, 5.41) is 12.6. The van der Waals surface area contributed by atoms with Gasteiger partial charge in [0.25, 0.3) is 0 Å². The number of aliphatic hydroxyl groups excluding tert-OH is 1. The molecule has 0 unspecified atom stereocenters. The number of benzene rings is 1. The summed E-state index contributed by atoms with van der Waals surface area (Å²) >= 11 is 0. The van der Waals surface area contributed by atoms with E-state index in [1.165, 1.54) is 5.19 Å². The molecule has 0 aliphatic heterocycles. The van der Waals surface area contributed by atoms with Crippen LogP contribution in [0.1, 0.15) is 46.5 Å². The Balaban J connectivity index is 2.79. The van der Waals surface area contributed by atoms with Gasteiger partial charge in [-0.2, -0.15) is 0 Å². The third-order valence-electron chi connectivity index (χ3n) is 7.09. The Morgan fingerprint density at radius 1 is 0.970 bits per heavy atom. The zero-order valence-corrected chi connectivity index (χ0v) is 26.1. The van der Waals surface area contributed by atoms with Gasteiger partial charge in [-0.15, -0.1) is 12.1 Å². The molecule has 0 saturated carbocycles. The molecule has 5 heteroatoms. The van der Waals surface area contributed by atoms with Crippen molar-refractivity contribution in [2.75, 3.05) is 0 Å². The van der Waals surface area contributed by atoms with E-state index in [4.69, 9.17) is 4.43 Å². The molecular weight excluding hydrogens is 453 g/mol. The summed E-state index contributed by atoms with van der Waals surface area (Å²) in [5.41, 5.74) is 3.68. The Morgan fingerprint density at radius 3 is 2.00 bits per heavy atom. The highest BCUT2D eigenvalue weighted by atomic mass is 28.4. The van der Waals surface area contributed by atoms with Crippen LogP contribution < -0.4 is 5.19 Å². The highest BCUT2D eigenvalue weighted by Crippen LogP contribution is 2.38. The van der Waals surface area contributed by atoms with Crippen LogP contribution in [-0.2, 0) is 4.43 Å². The second-order valence-corrected chi connectivity index (χ2v) is 26.8. The van der Waals surface area contributed by atoms with E-state index >= 15 is 0 Å². The predicted molar refractivity (Wildman–Crippen MR) is 155 cm³/mol. The molecular formula is C28H50O2Si3. The molecule has 1 N–H and O–H groups in total. The first-order valence-corrected chi connectivity index (χ1v) is 22.1. The molecule has 1 aromatic rings. The predicted octanol–water partition coefficient (Wildman–Crippen LogP) is 7.35. The standard InChI is InChI=1S/C28H50O2Si3/c1-12-27(32(8,9)25-19-14-13-15-20-25)26(29)21-17-16-18-24(22-23-31(5,6)7)30-33(10,11)28(2,3)4/h12-15,19-20,24,26-27,29H,1,16-18,21H2,2-11H3/t24-,26+,27-/m0/s1. The molecule has 0 aliphatic carbocycles. The highest BCUT2D eigenvalue weighted by Gasteiger charge is 2.39. The molecule has 0 saturated heterocycles. The van der Waals surface area contributed by atoms with Crippen LogP contribution in [0.4, 0.5) is 0 Å². The van der Waals surface area contributed by atoms with E-state index in [1.807, 2.05) is 6.08 Å². The van der Waals surface area contributed by atoms with Gasteiger partial charge in [0.1, 0.15) is 14.2 Å². The zero-order chi connectivity index (χ0) is 25.5. The summed E-state index contributed by atoms with van der Waals surface area (Å²) in [6.07, 6.45) is 5.39. The molecule has 2 nitrogen and oxygen atoms in total. The second-order valence-electron chi connectivity index (χ2n) is 12.6. The van der Waals surface area contributed by atoms with Gasteiger partial charge in [-0.3, -0.25) is 0 Å². The number of rotatable bonds is 11. The van der Waals surface area contributed by atoms with E-state index in [2.05, 4.69) is 115 Å². The van der Waals surface area contributed by atoms with Gasteiger partial charge in [0.05, 0.1) is 14.2 Å². The van der Waals surface area contributed by atoms with Gasteiger partial charge in [-0.1, -0.05) is 107 Å². The summed E-state index contributed by atoms with van der Waals surface area (Å²) in [6, 6.07) is 10.7. The zero-order valence-electron chi connectivity index (χ0n) is 23.1. The monoisotopic (exact) mass is 502 g/mol. The lowest BCUT2D eigenvalue weighted by Crippen LogP contribution is -2.49. The van der Waals surface area contributed by atoms with Crippen molar-refractivity contribution in [1.29, 1.82) is 0 Å². The lowest BCUT2D eigenvalue weighted by atomic mass is 10.1. The van der Waals surface area contributed by atoms with E-state index in [0.717, 1.165) is 25.7 Å². The Labute approximate surface area is 208 Å². The van der Waals surface area contributed by atoms with Crippen LogP contribution in [-0.4, -0.2) is 41.8 Å². The lowest BCUT2D eigenvalue weighted by Gasteiger charge is -2.38. The Kier molecular flexibility index (Phi) is 11.1. The quantitative estimate of drug-likeness (QED) is 0.148. The fraction of sp³-hybridized carbons (Fsp3) is 0.643. The summed E-state index contributed by atoms with van der Waals surface area (Å²) in [4.78, 5) is 0. The average Bonchev–Trinajstić information content (AvgIpc) is 2.68. The van der Waals surface area contributed by atoms with E-state index < -0.39 is 24.5 Å². The largest absolute Gasteiger partial charge is 0.403 e. The first-order chi connectivity index (χ1) is 15.0. The smallest absolute Gasteiger partial charge is 0.193 e. The van der Waals surface area contributed by atoms with Gasteiger partial charge in [0.15, 0.2) is 8.32 Å². The van der Waals surface area contributed by atoms with Crippen molar-refractivity contribution in [3.8, 4) is 11.5 Å². The summed E-state index contributed by atoms with van der Waals surface area (Å²) in [5.74, 6) is 3.51. The van der Waals surface area contributed by atoms with Gasteiger partial charge in [-0.25, -0.2) is 0 Å². The van der Waals surface area contributed by atoms with Crippen LogP contribution in [0.2, 0.25) is 56.4 Å². The number of hydrogen-bond donors (Lipinski definition) is 1. The van der Waals surface area contributed by atoms with Gasteiger partial charge >= 0.3 is 0 Å². The van der Waals surface area contributed by atoms with Crippen molar-refractivity contribution in [1.82, 2.24) is 0 Å². The molecule has 1 aromatic carbocycles. The minimum atomic E-state index is -1.88. The first-order valence-electron chi connectivity index (χ1n) is 12.6. The molecule has 3 atom stereocenters. The summed E-state index contributed by atoms with van der Waals surface area (Å²) in [7, 11) is -5.17. The third kappa shape index (κ3) is 9.70. The van der Waals surface area contributed by atoms with Gasteiger partial charge < -0.3 is 9.53 Å². The molecule has 1 rings (SSSR count). The Bertz CT molecular complexity index is 792. The van der Waals surface area contributed by atoms with E-state index in [0.29, 0.717) is 0 Å². The van der Waals surface area contributed by atoms with Gasteiger partial charge in [0.2, 0.25) is 0 Å². The van der Waals surface area contributed by atoms with Crippen LogP contribution in [0.15, 0.2) is 43.0 Å². The summed E-state index contributed by atoms with van der Waals surface area (Å²) in [6.45, 7) is 27.1. The van der Waals surface area contributed by atoms with Crippen molar-refractivity contribution in [3.05, 3.63) is 43.0 Å². The fourth-order valence-electron chi connectivity index (χ4n) is 3.85. The number of hydrogen-bond acceptors (Lipinski definition) is 2. The lowest BCUT2D eigenvalue weighted by molar-refractivity contribution is 0.158. The molecule has 0 radical (unpaired) electrons. The van der Waals surface area contributed by atoms with Gasteiger partial charge in [-0.05, 0) is 37.4 Å². The second kappa shape index (κ2) is 12.2. The van der Waals surface area contributed by atoms with Crippen molar-refractivity contribution in [2.45, 2.75) is 115 Å². The van der Waals surface area contributed by atoms with Crippen molar-refractivity contribution >= 4 is 29.7 Å². The van der Waals surface area contributed by atoms with Crippen LogP contribution in [0.3, 0.4) is 0 Å². The molecule has 0 fully saturated rings. The molecule has 0 heterocycles. The van der Waals surface area contributed by atoms with Crippen molar-refractivity contribution in [3.63, 3.8) is 0 Å². The molecule has 0 amide bonds. The van der Waals surface area contributed by atoms with Crippen LogP contribution in [0.5, 0.6) is 0 Å². The Hall–Kier alpha value is -0.909. The van der Waals surface area contributed by atoms with Crippen molar-refractivity contribution < 1.29 is 9.53 Å². The van der Waals surface area contributed by atoms with Gasteiger partial charge in [0, 0.05) is 5.54 Å². The van der Waals surface area contributed by atoms with Crippen LogP contribution >= 0.6 is 0 Å². The maximum atomic E-state index is 11.1. The van der Waals surface area contributed by atoms with Crippen LogP contribution in [0, 0.1) is 11.5 Å². The topological polar surface area (TPSA) is 29.5 Å². The molecule has 0 spiro atoms. The molecule has 0 aliphatic rings. The minimum Gasteiger partial charge on any atom is -0.403 e. The third-order valence-corrected chi connectivity index (χ3v) is 16.6.